The maximum atomic E-state index is 12.1. The third-order valence-corrected chi connectivity index (χ3v) is 3.57. The zero-order chi connectivity index (χ0) is 16.1. The van der Waals surface area contributed by atoms with Gasteiger partial charge in [-0.2, -0.15) is 0 Å². The molecule has 0 aliphatic carbocycles. The van der Waals surface area contributed by atoms with Gasteiger partial charge in [0.05, 0.1) is 6.04 Å². The lowest BCUT2D eigenvalue weighted by Crippen LogP contribution is -2.37. The second kappa shape index (κ2) is 6.89. The number of aryl methyl sites for hydroxylation is 2. The van der Waals surface area contributed by atoms with Crippen molar-refractivity contribution < 1.29 is 9.59 Å². The molecule has 2 amide bonds. The standard InChI is InChI=1S/C18H20N2O2/c1-12-8-7-9-13(2)16(12)20-18(22)17(21)19-14(3)15-10-5-4-6-11-15/h4-11,14H,1-3H3,(H,19,21)(H,20,22)/t14-/m1/s1. The largest absolute Gasteiger partial charge is 0.341 e. The van der Waals surface area contributed by atoms with E-state index in [-0.39, 0.29) is 6.04 Å². The molecule has 0 spiro atoms. The molecule has 4 heteroatoms. The number of carbonyl (C=O) groups is 2. The number of rotatable bonds is 3. The summed E-state index contributed by atoms with van der Waals surface area (Å²) >= 11 is 0. The Bertz CT molecular complexity index is 660. The summed E-state index contributed by atoms with van der Waals surface area (Å²) in [7, 11) is 0. The molecule has 114 valence electrons. The molecule has 0 aliphatic rings. The van der Waals surface area contributed by atoms with E-state index in [0.29, 0.717) is 5.69 Å². The zero-order valence-corrected chi connectivity index (χ0v) is 13.0. The lowest BCUT2D eigenvalue weighted by molar-refractivity contribution is -0.136. The quantitative estimate of drug-likeness (QED) is 0.855. The minimum Gasteiger partial charge on any atom is -0.341 e. The lowest BCUT2D eigenvalue weighted by atomic mass is 10.1. The molecule has 0 bridgehead atoms. The fourth-order valence-corrected chi connectivity index (χ4v) is 2.27. The molecule has 1 atom stereocenters. The van der Waals surface area contributed by atoms with Crippen molar-refractivity contribution in [1.29, 1.82) is 0 Å². The summed E-state index contributed by atoms with van der Waals surface area (Å²) in [5, 5.41) is 5.39. The van der Waals surface area contributed by atoms with Crippen molar-refractivity contribution in [2.24, 2.45) is 0 Å². The second-order valence-electron chi connectivity index (χ2n) is 5.33. The fourth-order valence-electron chi connectivity index (χ4n) is 2.27. The highest BCUT2D eigenvalue weighted by Crippen LogP contribution is 2.19. The summed E-state index contributed by atoms with van der Waals surface area (Å²) in [4.78, 5) is 24.1. The Kier molecular flexibility index (Phi) is 4.94. The Morgan fingerprint density at radius 1 is 0.864 bits per heavy atom. The molecule has 4 nitrogen and oxygen atoms in total. The van der Waals surface area contributed by atoms with Crippen molar-refractivity contribution in [1.82, 2.24) is 5.32 Å². The molecule has 0 aliphatic heterocycles. The van der Waals surface area contributed by atoms with Gasteiger partial charge in [0.25, 0.3) is 0 Å². The molecule has 0 heterocycles. The molecule has 0 fully saturated rings. The van der Waals surface area contributed by atoms with Crippen LogP contribution in [0.4, 0.5) is 5.69 Å². The van der Waals surface area contributed by atoms with Gasteiger partial charge in [-0.25, -0.2) is 0 Å². The van der Waals surface area contributed by atoms with E-state index < -0.39 is 11.8 Å². The Morgan fingerprint density at radius 3 is 2.05 bits per heavy atom. The van der Waals surface area contributed by atoms with Gasteiger partial charge in [-0.15, -0.1) is 0 Å². The van der Waals surface area contributed by atoms with E-state index in [4.69, 9.17) is 0 Å². The Labute approximate surface area is 130 Å². The van der Waals surface area contributed by atoms with Gasteiger partial charge < -0.3 is 10.6 Å². The molecule has 0 aromatic heterocycles. The van der Waals surface area contributed by atoms with Gasteiger partial charge in [-0.1, -0.05) is 48.5 Å². The van der Waals surface area contributed by atoms with Crippen LogP contribution in [-0.2, 0) is 9.59 Å². The normalized spacial score (nSPS) is 11.6. The van der Waals surface area contributed by atoms with Crippen molar-refractivity contribution >= 4 is 17.5 Å². The van der Waals surface area contributed by atoms with Crippen molar-refractivity contribution in [3.05, 3.63) is 65.2 Å². The average Bonchev–Trinajstić information content (AvgIpc) is 2.51. The van der Waals surface area contributed by atoms with Crippen LogP contribution in [0.2, 0.25) is 0 Å². The van der Waals surface area contributed by atoms with E-state index in [1.165, 1.54) is 0 Å². The second-order valence-corrected chi connectivity index (χ2v) is 5.33. The predicted molar refractivity (Wildman–Crippen MR) is 87.5 cm³/mol. The maximum Gasteiger partial charge on any atom is 0.313 e. The van der Waals surface area contributed by atoms with E-state index in [1.807, 2.05) is 69.3 Å². The third-order valence-electron chi connectivity index (χ3n) is 3.57. The SMILES string of the molecule is Cc1cccc(C)c1NC(=O)C(=O)N[C@H](C)c1ccccc1. The Hall–Kier alpha value is -2.62. The van der Waals surface area contributed by atoms with Crippen LogP contribution >= 0.6 is 0 Å². The molecule has 2 aromatic rings. The first-order valence-electron chi connectivity index (χ1n) is 7.22. The average molecular weight is 296 g/mol. The molecular formula is C18H20N2O2. The first-order chi connectivity index (χ1) is 10.5. The van der Waals surface area contributed by atoms with E-state index in [0.717, 1.165) is 16.7 Å². The minimum atomic E-state index is -0.653. The number of benzene rings is 2. The molecule has 0 unspecified atom stereocenters. The van der Waals surface area contributed by atoms with Crippen LogP contribution in [-0.4, -0.2) is 11.8 Å². The van der Waals surface area contributed by atoms with Crippen molar-refractivity contribution in [3.8, 4) is 0 Å². The Morgan fingerprint density at radius 2 is 1.45 bits per heavy atom. The highest BCUT2D eigenvalue weighted by atomic mass is 16.2. The summed E-state index contributed by atoms with van der Waals surface area (Å²) in [6.07, 6.45) is 0. The first kappa shape index (κ1) is 15.8. The number of carbonyl (C=O) groups excluding carboxylic acids is 2. The first-order valence-corrected chi connectivity index (χ1v) is 7.22. The van der Waals surface area contributed by atoms with Crippen molar-refractivity contribution in [2.45, 2.75) is 26.8 Å². The molecular weight excluding hydrogens is 276 g/mol. The minimum absolute atomic E-state index is 0.225. The molecule has 0 radical (unpaired) electrons. The van der Waals surface area contributed by atoms with Gasteiger partial charge in [0.1, 0.15) is 0 Å². The number of para-hydroxylation sites is 1. The van der Waals surface area contributed by atoms with Gasteiger partial charge in [-0.3, -0.25) is 9.59 Å². The van der Waals surface area contributed by atoms with Crippen molar-refractivity contribution in [2.75, 3.05) is 5.32 Å². The number of hydrogen-bond acceptors (Lipinski definition) is 2. The van der Waals surface area contributed by atoms with Gasteiger partial charge in [0.15, 0.2) is 0 Å². The summed E-state index contributed by atoms with van der Waals surface area (Å²) in [5.74, 6) is -1.29. The smallest absolute Gasteiger partial charge is 0.313 e. The zero-order valence-electron chi connectivity index (χ0n) is 13.0. The lowest BCUT2D eigenvalue weighted by Gasteiger charge is -2.15. The summed E-state index contributed by atoms with van der Waals surface area (Å²) in [6.45, 7) is 5.64. The van der Waals surface area contributed by atoms with Gasteiger partial charge in [-0.05, 0) is 37.5 Å². The number of nitrogens with one attached hydrogen (secondary N) is 2. The monoisotopic (exact) mass is 296 g/mol. The van der Waals surface area contributed by atoms with Crippen LogP contribution in [0.3, 0.4) is 0 Å². The third kappa shape index (κ3) is 3.73. The summed E-state index contributed by atoms with van der Waals surface area (Å²) in [6, 6.07) is 15.0. The van der Waals surface area contributed by atoms with Gasteiger partial charge >= 0.3 is 11.8 Å². The van der Waals surface area contributed by atoms with E-state index >= 15 is 0 Å². The van der Waals surface area contributed by atoms with Crippen LogP contribution in [0.1, 0.15) is 29.7 Å². The van der Waals surface area contributed by atoms with Crippen LogP contribution in [0.25, 0.3) is 0 Å². The van der Waals surface area contributed by atoms with E-state index in [9.17, 15) is 9.59 Å². The van der Waals surface area contributed by atoms with Crippen LogP contribution < -0.4 is 10.6 Å². The maximum absolute atomic E-state index is 12.1. The molecule has 0 saturated carbocycles. The van der Waals surface area contributed by atoms with Crippen LogP contribution in [0.5, 0.6) is 0 Å². The van der Waals surface area contributed by atoms with E-state index in [2.05, 4.69) is 10.6 Å². The molecule has 2 N–H and O–H groups in total. The summed E-state index contributed by atoms with van der Waals surface area (Å²) in [5.41, 5.74) is 3.50. The topological polar surface area (TPSA) is 58.2 Å². The number of hydrogen-bond donors (Lipinski definition) is 2. The van der Waals surface area contributed by atoms with E-state index in [1.54, 1.807) is 0 Å². The van der Waals surface area contributed by atoms with Crippen molar-refractivity contribution in [3.63, 3.8) is 0 Å². The van der Waals surface area contributed by atoms with Crippen LogP contribution in [0, 0.1) is 13.8 Å². The Balaban J connectivity index is 2.02. The number of amides is 2. The molecule has 2 rings (SSSR count). The number of anilines is 1. The van der Waals surface area contributed by atoms with Gasteiger partial charge in [0, 0.05) is 5.69 Å². The predicted octanol–water partition coefficient (Wildman–Crippen LogP) is 3.12. The highest BCUT2D eigenvalue weighted by molar-refractivity contribution is 6.39. The fraction of sp³-hybridized carbons (Fsp3) is 0.222. The molecule has 22 heavy (non-hydrogen) atoms. The van der Waals surface area contributed by atoms with Crippen LogP contribution in [0.15, 0.2) is 48.5 Å². The molecule has 0 saturated heterocycles. The summed E-state index contributed by atoms with van der Waals surface area (Å²) < 4.78 is 0. The highest BCUT2D eigenvalue weighted by Gasteiger charge is 2.18. The molecule has 2 aromatic carbocycles. The van der Waals surface area contributed by atoms with Gasteiger partial charge in [0.2, 0.25) is 0 Å².